The van der Waals surface area contributed by atoms with Crippen LogP contribution in [0, 0.1) is 0 Å². The van der Waals surface area contributed by atoms with Crippen molar-refractivity contribution in [3.05, 3.63) is 53.6 Å². The van der Waals surface area contributed by atoms with Gasteiger partial charge in [0.15, 0.2) is 17.5 Å². The van der Waals surface area contributed by atoms with Crippen LogP contribution in [-0.2, 0) is 12.8 Å². The molecule has 3 rings (SSSR count). The van der Waals surface area contributed by atoms with E-state index in [0.717, 1.165) is 49.0 Å². The number of nitrogens with one attached hydrogen (secondary N) is 2. The number of phenols is 1. The van der Waals surface area contributed by atoms with Gasteiger partial charge >= 0.3 is 0 Å². The van der Waals surface area contributed by atoms with E-state index < -0.39 is 0 Å². The molecule has 1 aliphatic heterocycles. The van der Waals surface area contributed by atoms with E-state index in [-0.39, 0.29) is 24.0 Å². The lowest BCUT2D eigenvalue weighted by Gasteiger charge is -2.11. The summed E-state index contributed by atoms with van der Waals surface area (Å²) in [5.41, 5.74) is 2.27. The number of nitrogens with zero attached hydrogens (tertiary/aromatic N) is 1. The Labute approximate surface area is 177 Å². The number of halogens is 1. The molecule has 27 heavy (non-hydrogen) atoms. The van der Waals surface area contributed by atoms with Gasteiger partial charge in [-0.25, -0.2) is 0 Å². The van der Waals surface area contributed by atoms with Crippen LogP contribution in [0.3, 0.4) is 0 Å². The first-order valence-corrected chi connectivity index (χ1v) is 8.93. The zero-order chi connectivity index (χ0) is 18.2. The van der Waals surface area contributed by atoms with E-state index in [0.29, 0.717) is 19.1 Å². The van der Waals surface area contributed by atoms with Crippen molar-refractivity contribution >= 4 is 29.9 Å². The summed E-state index contributed by atoms with van der Waals surface area (Å²) in [5.74, 6) is 2.71. The maximum absolute atomic E-state index is 9.52. The number of hydrogen-bond acceptors (Lipinski definition) is 4. The Bertz CT molecular complexity index is 768. The van der Waals surface area contributed by atoms with Crippen LogP contribution in [-0.4, -0.2) is 37.5 Å². The van der Waals surface area contributed by atoms with Crippen LogP contribution < -0.4 is 20.1 Å². The molecule has 0 atom stereocenters. The van der Waals surface area contributed by atoms with Crippen LogP contribution in [0.1, 0.15) is 18.1 Å². The normalized spacial score (nSPS) is 12.4. The average Bonchev–Trinajstić information content (AvgIpc) is 3.09. The minimum absolute atomic E-state index is 0. The van der Waals surface area contributed by atoms with Gasteiger partial charge in [-0.3, -0.25) is 4.99 Å². The number of aromatic hydroxyl groups is 1. The first kappa shape index (κ1) is 21.1. The molecule has 7 heteroatoms. The van der Waals surface area contributed by atoms with Crippen LogP contribution in [0.2, 0.25) is 0 Å². The number of hydrogen-bond donors (Lipinski definition) is 3. The van der Waals surface area contributed by atoms with Crippen molar-refractivity contribution in [2.24, 2.45) is 4.99 Å². The molecule has 3 N–H and O–H groups in total. The standard InChI is InChI=1S/C20H25N3O3.HI/c1-2-21-20(22-10-8-15-4-3-5-17(24)12-15)23-11-9-16-6-7-18-19(13-16)26-14-25-18;/h3-7,12-13,24H,2,8-11,14H2,1H3,(H2,21,22,23);1H. The molecule has 0 saturated heterocycles. The van der Waals surface area contributed by atoms with Gasteiger partial charge in [-0.2, -0.15) is 0 Å². The lowest BCUT2D eigenvalue weighted by Crippen LogP contribution is -2.38. The van der Waals surface area contributed by atoms with Crippen molar-refractivity contribution in [1.29, 1.82) is 0 Å². The molecule has 0 aliphatic carbocycles. The molecule has 0 unspecified atom stereocenters. The summed E-state index contributed by atoms with van der Waals surface area (Å²) >= 11 is 0. The fourth-order valence-electron chi connectivity index (χ4n) is 2.77. The Balaban J connectivity index is 0.00000261. The van der Waals surface area contributed by atoms with Crippen LogP contribution in [0.25, 0.3) is 0 Å². The molecule has 0 amide bonds. The summed E-state index contributed by atoms with van der Waals surface area (Å²) in [7, 11) is 0. The minimum atomic E-state index is 0. The molecule has 0 saturated carbocycles. The van der Waals surface area contributed by atoms with E-state index in [4.69, 9.17) is 9.47 Å². The van der Waals surface area contributed by atoms with Crippen LogP contribution in [0.4, 0.5) is 0 Å². The quantitative estimate of drug-likeness (QED) is 0.321. The highest BCUT2D eigenvalue weighted by atomic mass is 127. The molecular weight excluding hydrogens is 457 g/mol. The second-order valence-corrected chi connectivity index (χ2v) is 6.04. The first-order chi connectivity index (χ1) is 12.7. The lowest BCUT2D eigenvalue weighted by molar-refractivity contribution is 0.174. The highest BCUT2D eigenvalue weighted by molar-refractivity contribution is 14.0. The van der Waals surface area contributed by atoms with E-state index in [1.165, 1.54) is 5.56 Å². The van der Waals surface area contributed by atoms with Gasteiger partial charge < -0.3 is 25.2 Å². The summed E-state index contributed by atoms with van der Waals surface area (Å²) < 4.78 is 10.7. The molecule has 1 aliphatic rings. The number of phenolic OH excluding ortho intramolecular Hbond substituents is 1. The number of guanidine groups is 1. The SMILES string of the molecule is CCNC(=NCCc1ccc2c(c1)OCO2)NCCc1cccc(O)c1.I. The van der Waals surface area contributed by atoms with E-state index >= 15 is 0 Å². The maximum atomic E-state index is 9.52. The number of ether oxygens (including phenoxy) is 2. The molecule has 1 heterocycles. The monoisotopic (exact) mass is 483 g/mol. The first-order valence-electron chi connectivity index (χ1n) is 8.93. The van der Waals surface area contributed by atoms with Gasteiger partial charge in [-0.05, 0) is 55.2 Å². The largest absolute Gasteiger partial charge is 0.508 e. The van der Waals surface area contributed by atoms with Crippen molar-refractivity contribution in [2.75, 3.05) is 26.4 Å². The molecule has 2 aromatic carbocycles. The van der Waals surface area contributed by atoms with E-state index in [1.807, 2.05) is 37.3 Å². The third kappa shape index (κ3) is 6.50. The van der Waals surface area contributed by atoms with Crippen molar-refractivity contribution in [3.8, 4) is 17.2 Å². The number of benzene rings is 2. The summed E-state index contributed by atoms with van der Waals surface area (Å²) in [6.07, 6.45) is 1.65. The predicted octanol–water partition coefficient (Wildman–Crippen LogP) is 3.08. The van der Waals surface area contributed by atoms with E-state index in [1.54, 1.807) is 12.1 Å². The number of rotatable bonds is 7. The van der Waals surface area contributed by atoms with Gasteiger partial charge in [-0.1, -0.05) is 18.2 Å². The van der Waals surface area contributed by atoms with Crippen molar-refractivity contribution in [2.45, 2.75) is 19.8 Å². The van der Waals surface area contributed by atoms with Gasteiger partial charge in [0.25, 0.3) is 0 Å². The summed E-state index contributed by atoms with van der Waals surface area (Å²) in [4.78, 5) is 4.62. The van der Waals surface area contributed by atoms with Crippen LogP contribution in [0.15, 0.2) is 47.5 Å². The van der Waals surface area contributed by atoms with Crippen molar-refractivity contribution in [3.63, 3.8) is 0 Å². The second kappa shape index (κ2) is 10.9. The molecule has 0 aromatic heterocycles. The Hall–Kier alpha value is -2.16. The van der Waals surface area contributed by atoms with Gasteiger partial charge in [0.1, 0.15) is 5.75 Å². The number of fused-ring (bicyclic) bond motifs is 1. The summed E-state index contributed by atoms with van der Waals surface area (Å²) in [6.45, 7) is 4.58. The molecule has 146 valence electrons. The third-order valence-electron chi connectivity index (χ3n) is 4.07. The molecule has 2 aromatic rings. The van der Waals surface area contributed by atoms with Crippen molar-refractivity contribution in [1.82, 2.24) is 10.6 Å². The Morgan fingerprint density at radius 3 is 2.67 bits per heavy atom. The second-order valence-electron chi connectivity index (χ2n) is 6.04. The molecule has 0 bridgehead atoms. The van der Waals surface area contributed by atoms with Gasteiger partial charge in [0.05, 0.1) is 0 Å². The maximum Gasteiger partial charge on any atom is 0.231 e. The topological polar surface area (TPSA) is 75.1 Å². The van der Waals surface area contributed by atoms with Crippen LogP contribution >= 0.6 is 24.0 Å². The van der Waals surface area contributed by atoms with E-state index in [2.05, 4.69) is 15.6 Å². The third-order valence-corrected chi connectivity index (χ3v) is 4.07. The molecule has 6 nitrogen and oxygen atoms in total. The predicted molar refractivity (Wildman–Crippen MR) is 117 cm³/mol. The smallest absolute Gasteiger partial charge is 0.231 e. The van der Waals surface area contributed by atoms with Crippen LogP contribution in [0.5, 0.6) is 17.2 Å². The zero-order valence-electron chi connectivity index (χ0n) is 15.4. The van der Waals surface area contributed by atoms with Gasteiger partial charge in [-0.15, -0.1) is 24.0 Å². The zero-order valence-corrected chi connectivity index (χ0v) is 17.7. The Morgan fingerprint density at radius 1 is 1.04 bits per heavy atom. The minimum Gasteiger partial charge on any atom is -0.508 e. The Morgan fingerprint density at radius 2 is 1.85 bits per heavy atom. The number of aliphatic imine (C=N–C) groups is 1. The fraction of sp³-hybridized carbons (Fsp3) is 0.350. The highest BCUT2D eigenvalue weighted by Crippen LogP contribution is 2.32. The highest BCUT2D eigenvalue weighted by Gasteiger charge is 2.12. The van der Waals surface area contributed by atoms with Gasteiger partial charge in [0, 0.05) is 19.6 Å². The molecule has 0 radical (unpaired) electrons. The van der Waals surface area contributed by atoms with Crippen molar-refractivity contribution < 1.29 is 14.6 Å². The Kier molecular flexibility index (Phi) is 8.50. The molecular formula is C20H26IN3O3. The average molecular weight is 483 g/mol. The fourth-order valence-corrected chi connectivity index (χ4v) is 2.77. The molecule has 0 fully saturated rings. The van der Waals surface area contributed by atoms with Gasteiger partial charge in [0.2, 0.25) is 6.79 Å². The van der Waals surface area contributed by atoms with E-state index in [9.17, 15) is 5.11 Å². The summed E-state index contributed by atoms with van der Waals surface area (Å²) in [6, 6.07) is 13.3. The molecule has 0 spiro atoms. The lowest BCUT2D eigenvalue weighted by atomic mass is 10.1. The summed E-state index contributed by atoms with van der Waals surface area (Å²) in [5, 5.41) is 16.1.